The Morgan fingerprint density at radius 3 is 2.57 bits per heavy atom. The normalized spacial score (nSPS) is 14.1. The minimum absolute atomic E-state index is 0.0115. The van der Waals surface area contributed by atoms with E-state index in [2.05, 4.69) is 16.3 Å². The van der Waals surface area contributed by atoms with Crippen LogP contribution in [0.1, 0.15) is 35.7 Å². The lowest BCUT2D eigenvalue weighted by molar-refractivity contribution is -0.137. The van der Waals surface area contributed by atoms with E-state index in [1.807, 2.05) is 0 Å². The Bertz CT molecular complexity index is 1390. The summed E-state index contributed by atoms with van der Waals surface area (Å²) < 4.78 is 52.0. The van der Waals surface area contributed by atoms with Crippen LogP contribution < -0.4 is 0 Å². The first-order valence-corrected chi connectivity index (χ1v) is 11.4. The van der Waals surface area contributed by atoms with Gasteiger partial charge in [0, 0.05) is 18.8 Å². The molecule has 0 saturated heterocycles. The summed E-state index contributed by atoms with van der Waals surface area (Å²) in [5, 5.41) is 17.4. The molecule has 1 fully saturated rings. The number of alkyl halides is 3. The molecule has 3 aromatic rings. The van der Waals surface area contributed by atoms with Gasteiger partial charge in [-0.2, -0.15) is 28.6 Å². The number of aromatic nitrogens is 4. The van der Waals surface area contributed by atoms with Crippen LogP contribution in [0.15, 0.2) is 36.8 Å². The van der Waals surface area contributed by atoms with Crippen LogP contribution in [0.2, 0.25) is 5.02 Å². The number of nitriles is 1. The number of ether oxygens (including phenoxy) is 2. The molecule has 0 unspecified atom stereocenters. The van der Waals surface area contributed by atoms with E-state index in [1.54, 1.807) is 13.0 Å². The highest BCUT2D eigenvalue weighted by atomic mass is 35.5. The topological polar surface area (TPSA) is 115 Å². The molecule has 1 aliphatic rings. The molecule has 1 aromatic carbocycles. The first-order valence-electron chi connectivity index (χ1n) is 11.0. The average molecular weight is 537 g/mol. The van der Waals surface area contributed by atoms with Crippen LogP contribution in [-0.2, 0) is 22.7 Å². The maximum atomic E-state index is 13.5. The third-order valence-electron chi connectivity index (χ3n) is 5.81. The number of rotatable bonds is 7. The Morgan fingerprint density at radius 1 is 1.22 bits per heavy atom. The molecular formula is C23H20ClF3N6O4. The van der Waals surface area contributed by atoms with Crippen LogP contribution in [0, 0.1) is 11.3 Å². The number of amides is 1. The van der Waals surface area contributed by atoms with Gasteiger partial charge >= 0.3 is 12.3 Å². The minimum Gasteiger partial charge on any atom is -0.435 e. The van der Waals surface area contributed by atoms with E-state index in [1.165, 1.54) is 31.6 Å². The molecule has 1 amide bonds. The molecule has 2 heterocycles. The average Bonchev–Trinajstić information content (AvgIpc) is 3.29. The second-order valence-corrected chi connectivity index (χ2v) is 8.61. The number of nitrogens with zero attached hydrogens (tertiary/aromatic N) is 6. The van der Waals surface area contributed by atoms with Gasteiger partial charge in [-0.15, -0.1) is 0 Å². The number of halogens is 4. The molecule has 4 rings (SSSR count). The van der Waals surface area contributed by atoms with Crippen LogP contribution >= 0.6 is 11.6 Å². The fourth-order valence-corrected chi connectivity index (χ4v) is 3.92. The summed E-state index contributed by atoms with van der Waals surface area (Å²) >= 11 is 6.31. The molecule has 10 nitrogen and oxygen atoms in total. The third-order valence-corrected chi connectivity index (χ3v) is 6.14. The molecule has 194 valence electrons. The molecule has 0 bridgehead atoms. The maximum absolute atomic E-state index is 13.5. The smallest absolute Gasteiger partial charge is 0.435 e. The van der Waals surface area contributed by atoms with Gasteiger partial charge in [0.15, 0.2) is 12.5 Å². The van der Waals surface area contributed by atoms with Crippen molar-refractivity contribution in [2.24, 2.45) is 7.05 Å². The summed E-state index contributed by atoms with van der Waals surface area (Å²) in [5.41, 5.74) is -1.27. The molecule has 0 aliphatic heterocycles. The number of benzene rings is 1. The zero-order valence-electron chi connectivity index (χ0n) is 19.6. The standard InChI is InChI=1S/C23H20ClF3N6O4/c1-3-36-21(35)37-13-32(22(12-28)6-7-22)20(34)16-8-14(4-5-18(16)24)15-9-30-33(11-15)19-17(23(25,26)27)10-29-31(19)2/h4-5,8-11H,3,6-7,13H2,1-2H3. The van der Waals surface area contributed by atoms with E-state index in [9.17, 15) is 28.0 Å². The second kappa shape index (κ2) is 9.78. The van der Waals surface area contributed by atoms with Crippen LogP contribution in [0.4, 0.5) is 18.0 Å². The minimum atomic E-state index is -4.63. The highest BCUT2D eigenvalue weighted by Crippen LogP contribution is 2.42. The van der Waals surface area contributed by atoms with Crippen molar-refractivity contribution < 1.29 is 32.2 Å². The summed E-state index contributed by atoms with van der Waals surface area (Å²) in [5.74, 6) is -0.940. The largest absolute Gasteiger partial charge is 0.509 e. The van der Waals surface area contributed by atoms with Crippen molar-refractivity contribution >= 4 is 23.7 Å². The van der Waals surface area contributed by atoms with Gasteiger partial charge < -0.3 is 9.47 Å². The van der Waals surface area contributed by atoms with Gasteiger partial charge in [0.25, 0.3) is 5.91 Å². The van der Waals surface area contributed by atoms with Crippen LogP contribution in [-0.4, -0.2) is 55.4 Å². The van der Waals surface area contributed by atoms with Crippen molar-refractivity contribution in [2.75, 3.05) is 13.3 Å². The van der Waals surface area contributed by atoms with Gasteiger partial charge in [-0.05, 0) is 37.5 Å². The van der Waals surface area contributed by atoms with E-state index >= 15 is 0 Å². The highest BCUT2D eigenvalue weighted by Gasteiger charge is 2.52. The number of hydrogen-bond donors (Lipinski definition) is 0. The third kappa shape index (κ3) is 5.10. The first-order chi connectivity index (χ1) is 17.5. The van der Waals surface area contributed by atoms with Crippen molar-refractivity contribution in [1.29, 1.82) is 5.26 Å². The van der Waals surface area contributed by atoms with Crippen LogP contribution in [0.5, 0.6) is 0 Å². The van der Waals surface area contributed by atoms with Crippen LogP contribution in [0.3, 0.4) is 0 Å². The Morgan fingerprint density at radius 2 is 1.95 bits per heavy atom. The molecule has 0 radical (unpaired) electrons. The van der Waals surface area contributed by atoms with E-state index in [-0.39, 0.29) is 23.0 Å². The highest BCUT2D eigenvalue weighted by molar-refractivity contribution is 6.34. The Labute approximate surface area is 213 Å². The molecule has 0 atom stereocenters. The molecule has 1 aliphatic carbocycles. The van der Waals surface area contributed by atoms with Gasteiger partial charge in [0.2, 0.25) is 0 Å². The van der Waals surface area contributed by atoms with Crippen molar-refractivity contribution in [3.63, 3.8) is 0 Å². The van der Waals surface area contributed by atoms with E-state index < -0.39 is 36.1 Å². The number of carbonyl (C=O) groups excluding carboxylic acids is 2. The number of hydrogen-bond acceptors (Lipinski definition) is 7. The summed E-state index contributed by atoms with van der Waals surface area (Å²) in [4.78, 5) is 26.3. The summed E-state index contributed by atoms with van der Waals surface area (Å²) in [6.07, 6.45) is -1.44. The van der Waals surface area contributed by atoms with Crippen LogP contribution in [0.25, 0.3) is 16.9 Å². The Kier molecular flexibility index (Phi) is 6.88. The second-order valence-electron chi connectivity index (χ2n) is 8.20. The molecule has 1 saturated carbocycles. The zero-order valence-corrected chi connectivity index (χ0v) is 20.4. The van der Waals surface area contributed by atoms with Gasteiger partial charge in [0.05, 0.1) is 35.7 Å². The van der Waals surface area contributed by atoms with Crippen molar-refractivity contribution in [2.45, 2.75) is 31.5 Å². The summed E-state index contributed by atoms with van der Waals surface area (Å²) in [6.45, 7) is 1.14. The molecular weight excluding hydrogens is 517 g/mol. The summed E-state index contributed by atoms with van der Waals surface area (Å²) in [7, 11) is 1.36. The van der Waals surface area contributed by atoms with E-state index in [0.29, 0.717) is 30.2 Å². The van der Waals surface area contributed by atoms with Gasteiger partial charge in [0.1, 0.15) is 11.1 Å². The molecule has 0 N–H and O–H groups in total. The Balaban J connectivity index is 1.66. The molecule has 14 heteroatoms. The van der Waals surface area contributed by atoms with Gasteiger partial charge in [-0.1, -0.05) is 17.7 Å². The lowest BCUT2D eigenvalue weighted by atomic mass is 10.0. The van der Waals surface area contributed by atoms with E-state index in [0.717, 1.165) is 14.3 Å². The van der Waals surface area contributed by atoms with Gasteiger partial charge in [-0.25, -0.2) is 9.48 Å². The molecule has 0 spiro atoms. The van der Waals surface area contributed by atoms with Crippen molar-refractivity contribution in [3.05, 3.63) is 52.9 Å². The lowest BCUT2D eigenvalue weighted by Crippen LogP contribution is -2.43. The lowest BCUT2D eigenvalue weighted by Gasteiger charge is -2.27. The SMILES string of the molecule is CCOC(=O)OCN(C(=O)c1cc(-c2cnn(-c3c(C(F)(F)F)cnn3C)c2)ccc1Cl)C1(C#N)CC1. The van der Waals surface area contributed by atoms with E-state index in [4.69, 9.17) is 21.1 Å². The fourth-order valence-electron chi connectivity index (χ4n) is 3.72. The van der Waals surface area contributed by atoms with Crippen molar-refractivity contribution in [1.82, 2.24) is 24.5 Å². The van der Waals surface area contributed by atoms with Gasteiger partial charge in [-0.3, -0.25) is 14.4 Å². The number of carbonyl (C=O) groups is 2. The number of aryl methyl sites for hydroxylation is 1. The maximum Gasteiger partial charge on any atom is 0.509 e. The monoisotopic (exact) mass is 536 g/mol. The predicted octanol–water partition coefficient (Wildman–Crippen LogP) is 4.57. The van der Waals surface area contributed by atoms with Crippen molar-refractivity contribution in [3.8, 4) is 23.0 Å². The molecule has 37 heavy (non-hydrogen) atoms. The quantitative estimate of drug-likeness (QED) is 0.321. The fraction of sp³-hybridized carbons (Fsp3) is 0.348. The predicted molar refractivity (Wildman–Crippen MR) is 122 cm³/mol. The summed E-state index contributed by atoms with van der Waals surface area (Å²) in [6, 6.07) is 6.54. The Hall–Kier alpha value is -4.05. The zero-order chi connectivity index (χ0) is 27.0. The molecule has 2 aromatic heterocycles. The first kappa shape index (κ1) is 26.0.